The number of carbonyl (C=O) groups is 1. The van der Waals surface area contributed by atoms with Crippen molar-refractivity contribution in [1.29, 1.82) is 5.26 Å². The van der Waals surface area contributed by atoms with Crippen LogP contribution in [0.5, 0.6) is 0 Å². The maximum absolute atomic E-state index is 13.6. The second kappa shape index (κ2) is 11.7. The second-order valence-electron chi connectivity index (χ2n) is 10.5. The van der Waals surface area contributed by atoms with Gasteiger partial charge in [-0.2, -0.15) is 5.26 Å². The molecule has 5 rings (SSSR count). The van der Waals surface area contributed by atoms with Crippen LogP contribution in [0.2, 0.25) is 0 Å². The van der Waals surface area contributed by atoms with Gasteiger partial charge in [0.05, 0.1) is 22.2 Å². The first kappa shape index (κ1) is 28.8. The molecule has 3 aromatic carbocycles. The summed E-state index contributed by atoms with van der Waals surface area (Å²) < 4.78 is 28.9. The Morgan fingerprint density at radius 3 is 2.33 bits per heavy atom. The van der Waals surface area contributed by atoms with Crippen molar-refractivity contribution in [3.63, 3.8) is 0 Å². The summed E-state index contributed by atoms with van der Waals surface area (Å²) in [6.07, 6.45) is 3.35. The van der Waals surface area contributed by atoms with Crippen LogP contribution in [0.1, 0.15) is 36.0 Å². The monoisotopic (exact) mass is 593 g/mol. The molecule has 2 aromatic heterocycles. The van der Waals surface area contributed by atoms with E-state index in [1.165, 1.54) is 11.3 Å². The van der Waals surface area contributed by atoms with Crippen LogP contribution in [0.15, 0.2) is 102 Å². The van der Waals surface area contributed by atoms with Crippen LogP contribution in [0, 0.1) is 11.3 Å². The molecule has 0 spiro atoms. The first-order valence-corrected chi connectivity index (χ1v) is 15.3. The summed E-state index contributed by atoms with van der Waals surface area (Å²) in [5, 5.41) is 13.0. The third-order valence-electron chi connectivity index (χ3n) is 6.08. The average molecular weight is 594 g/mol. The van der Waals surface area contributed by atoms with E-state index < -0.39 is 15.6 Å². The molecule has 1 amide bonds. The first-order chi connectivity index (χ1) is 20.0. The normalized spacial score (nSPS) is 11.6. The Kier molecular flexibility index (Phi) is 8.00. The lowest BCUT2D eigenvalue weighted by molar-refractivity contribution is 0.103. The van der Waals surface area contributed by atoms with Crippen molar-refractivity contribution in [3.05, 3.63) is 108 Å². The molecule has 0 saturated heterocycles. The van der Waals surface area contributed by atoms with Crippen molar-refractivity contribution in [2.45, 2.75) is 31.2 Å². The summed E-state index contributed by atoms with van der Waals surface area (Å²) in [6.45, 7) is 5.37. The van der Waals surface area contributed by atoms with Crippen molar-refractivity contribution >= 4 is 33.0 Å². The van der Waals surface area contributed by atoms with Gasteiger partial charge in [-0.15, -0.1) is 11.3 Å². The molecule has 8 nitrogen and oxygen atoms in total. The number of aromatic nitrogens is 2. The summed E-state index contributed by atoms with van der Waals surface area (Å²) in [6, 6.07) is 26.6. The van der Waals surface area contributed by atoms with E-state index in [1.807, 2.05) is 12.1 Å². The highest BCUT2D eigenvalue weighted by Crippen LogP contribution is 2.35. The quantitative estimate of drug-likeness (QED) is 0.215. The number of hydrogen-bond acceptors (Lipinski definition) is 7. The lowest BCUT2D eigenvalue weighted by atomic mass is 10.1. The van der Waals surface area contributed by atoms with Crippen LogP contribution < -0.4 is 10.0 Å². The molecule has 5 aromatic rings. The molecule has 42 heavy (non-hydrogen) atoms. The molecule has 2 heterocycles. The molecule has 0 unspecified atom stereocenters. The van der Waals surface area contributed by atoms with Gasteiger partial charge >= 0.3 is 0 Å². The fourth-order valence-electron chi connectivity index (χ4n) is 4.34. The zero-order chi connectivity index (χ0) is 29.9. The third kappa shape index (κ3) is 6.44. The Labute approximate surface area is 248 Å². The third-order valence-corrected chi connectivity index (χ3v) is 9.00. The Morgan fingerprint density at radius 2 is 1.64 bits per heavy atom. The van der Waals surface area contributed by atoms with Gasteiger partial charge in [0.15, 0.2) is 0 Å². The van der Waals surface area contributed by atoms with Crippen molar-refractivity contribution in [3.8, 4) is 39.0 Å². The number of amides is 1. The molecule has 0 radical (unpaired) electrons. The van der Waals surface area contributed by atoms with E-state index in [2.05, 4.69) is 21.1 Å². The van der Waals surface area contributed by atoms with Crippen molar-refractivity contribution < 1.29 is 13.2 Å². The fourth-order valence-corrected chi connectivity index (χ4v) is 6.96. The topological polar surface area (TPSA) is 125 Å². The second-order valence-corrected chi connectivity index (χ2v) is 13.2. The van der Waals surface area contributed by atoms with E-state index in [-0.39, 0.29) is 10.8 Å². The van der Waals surface area contributed by atoms with E-state index in [0.29, 0.717) is 43.5 Å². The number of sulfonamides is 1. The fraction of sp³-hybridized carbons (Fsp3) is 0.125. The minimum Gasteiger partial charge on any atom is -0.321 e. The maximum Gasteiger partial charge on any atom is 0.268 e. The lowest BCUT2D eigenvalue weighted by Gasteiger charge is -2.21. The maximum atomic E-state index is 13.6. The molecule has 0 aliphatic carbocycles. The predicted molar refractivity (Wildman–Crippen MR) is 165 cm³/mol. The smallest absolute Gasteiger partial charge is 0.268 e. The summed E-state index contributed by atoms with van der Waals surface area (Å²) in [5.41, 5.74) is 3.50. The van der Waals surface area contributed by atoms with Gasteiger partial charge in [0.25, 0.3) is 5.91 Å². The number of thiazole rings is 1. The molecule has 2 N–H and O–H groups in total. The van der Waals surface area contributed by atoms with Crippen molar-refractivity contribution in [1.82, 2.24) is 14.7 Å². The van der Waals surface area contributed by atoms with Crippen LogP contribution in [0.25, 0.3) is 33.0 Å². The highest BCUT2D eigenvalue weighted by atomic mass is 32.2. The number of nitriles is 1. The molecule has 0 fully saturated rings. The molecule has 210 valence electrons. The molecule has 0 bridgehead atoms. The van der Waals surface area contributed by atoms with Gasteiger partial charge in [0.1, 0.15) is 9.88 Å². The zero-order valence-electron chi connectivity index (χ0n) is 23.1. The number of hydrogen-bond donors (Lipinski definition) is 2. The van der Waals surface area contributed by atoms with Gasteiger partial charge in [-0.05, 0) is 68.8 Å². The summed E-state index contributed by atoms with van der Waals surface area (Å²) in [4.78, 5) is 23.0. The molecular formula is C32H27N5O3S2. The first-order valence-electron chi connectivity index (χ1n) is 13.0. The largest absolute Gasteiger partial charge is 0.321 e. The van der Waals surface area contributed by atoms with E-state index in [0.717, 1.165) is 5.56 Å². The van der Waals surface area contributed by atoms with Gasteiger partial charge in [0.2, 0.25) is 10.0 Å². The predicted octanol–water partition coefficient (Wildman–Crippen LogP) is 6.74. The van der Waals surface area contributed by atoms with Gasteiger partial charge < -0.3 is 5.32 Å². The number of rotatable bonds is 7. The van der Waals surface area contributed by atoms with E-state index >= 15 is 0 Å². The number of benzene rings is 3. The number of pyridine rings is 1. The van der Waals surface area contributed by atoms with Crippen LogP contribution in [0.3, 0.4) is 0 Å². The highest BCUT2D eigenvalue weighted by Gasteiger charge is 2.25. The SMILES string of the molecule is CC(C)(C)NS(=O)(=O)c1ccccc1-c1ccc(NC(=O)c2sc(-c3cccnc3)nc2-c2cccc(C#N)c2)cc1. The van der Waals surface area contributed by atoms with Crippen LogP contribution in [0.4, 0.5) is 5.69 Å². The Morgan fingerprint density at radius 1 is 0.905 bits per heavy atom. The summed E-state index contributed by atoms with van der Waals surface area (Å²) in [5.74, 6) is -0.356. The molecule has 0 aliphatic heterocycles. The average Bonchev–Trinajstić information content (AvgIpc) is 3.43. The Balaban J connectivity index is 1.46. The highest BCUT2D eigenvalue weighted by molar-refractivity contribution is 7.89. The minimum absolute atomic E-state index is 0.175. The number of anilines is 1. The van der Waals surface area contributed by atoms with Crippen molar-refractivity contribution in [2.24, 2.45) is 0 Å². The number of nitrogens with zero attached hydrogens (tertiary/aromatic N) is 3. The zero-order valence-corrected chi connectivity index (χ0v) is 24.8. The molecule has 0 aliphatic rings. The lowest BCUT2D eigenvalue weighted by Crippen LogP contribution is -2.40. The van der Waals surface area contributed by atoms with Gasteiger partial charge in [-0.3, -0.25) is 9.78 Å². The molecule has 0 saturated carbocycles. The Hall–Kier alpha value is -4.69. The van der Waals surface area contributed by atoms with Crippen LogP contribution in [-0.2, 0) is 10.0 Å². The van der Waals surface area contributed by atoms with Gasteiger partial charge in [-0.1, -0.05) is 42.5 Å². The molecular weight excluding hydrogens is 567 g/mol. The van der Waals surface area contributed by atoms with E-state index in [4.69, 9.17) is 4.98 Å². The number of carbonyl (C=O) groups excluding carboxylic acids is 1. The summed E-state index contributed by atoms with van der Waals surface area (Å²) >= 11 is 1.24. The van der Waals surface area contributed by atoms with E-state index in [9.17, 15) is 18.5 Å². The minimum atomic E-state index is -3.77. The Bertz CT molecular complexity index is 1900. The van der Waals surface area contributed by atoms with Crippen LogP contribution in [-0.4, -0.2) is 29.8 Å². The number of nitrogens with one attached hydrogen (secondary N) is 2. The van der Waals surface area contributed by atoms with Gasteiger partial charge in [0, 0.05) is 40.3 Å². The van der Waals surface area contributed by atoms with Gasteiger partial charge in [-0.25, -0.2) is 18.1 Å². The molecule has 10 heteroatoms. The van der Waals surface area contributed by atoms with Crippen molar-refractivity contribution in [2.75, 3.05) is 5.32 Å². The van der Waals surface area contributed by atoms with E-state index in [1.54, 1.807) is 106 Å². The molecule has 0 atom stereocenters. The van der Waals surface area contributed by atoms with Crippen LogP contribution >= 0.6 is 11.3 Å². The summed E-state index contributed by atoms with van der Waals surface area (Å²) in [7, 11) is -3.77. The standard InChI is InChI=1S/C32H27N5O3S2/c1-32(2,3)37-42(39,40)27-12-5-4-11-26(27)22-13-15-25(16-14-22)35-30(38)29-28(23-9-6-8-21(18-23)19-33)36-31(41-29)24-10-7-17-34-20-24/h4-18,20,37H,1-3H3,(H,35,38).